The van der Waals surface area contributed by atoms with Crippen molar-refractivity contribution >= 4 is 27.6 Å². The maximum Gasteiger partial charge on any atom is 0.335 e. The molecule has 144 valence electrons. The second-order valence-corrected chi connectivity index (χ2v) is 8.40. The summed E-state index contributed by atoms with van der Waals surface area (Å²) in [7, 11) is -0.731. The Morgan fingerprint density at radius 2 is 1.78 bits per heavy atom. The highest BCUT2D eigenvalue weighted by atomic mass is 32.2. The molecule has 27 heavy (non-hydrogen) atoms. The van der Waals surface area contributed by atoms with Crippen LogP contribution in [0.4, 0.5) is 5.69 Å². The molecule has 0 aliphatic heterocycles. The fourth-order valence-corrected chi connectivity index (χ4v) is 3.72. The van der Waals surface area contributed by atoms with Gasteiger partial charge in [-0.15, -0.1) is 0 Å². The van der Waals surface area contributed by atoms with E-state index in [-0.39, 0.29) is 29.2 Å². The number of aromatic carboxylic acids is 1. The Labute approximate surface area is 158 Å². The van der Waals surface area contributed by atoms with Crippen LogP contribution in [0.3, 0.4) is 0 Å². The lowest BCUT2D eigenvalue weighted by Crippen LogP contribution is -2.23. The molecule has 0 spiro atoms. The molecule has 0 unspecified atom stereocenters. The van der Waals surface area contributed by atoms with E-state index in [1.807, 2.05) is 0 Å². The molecule has 0 fully saturated rings. The van der Waals surface area contributed by atoms with Gasteiger partial charge in [-0.25, -0.2) is 17.5 Å². The second kappa shape index (κ2) is 8.32. The van der Waals surface area contributed by atoms with Crippen molar-refractivity contribution in [2.75, 3.05) is 19.4 Å². The van der Waals surface area contributed by atoms with Crippen molar-refractivity contribution in [1.82, 2.24) is 4.31 Å². The average molecular weight is 390 g/mol. The van der Waals surface area contributed by atoms with E-state index in [0.29, 0.717) is 16.8 Å². The molecule has 8 heteroatoms. The normalized spacial score (nSPS) is 11.4. The van der Waals surface area contributed by atoms with Crippen LogP contribution in [0.15, 0.2) is 47.4 Å². The minimum atomic E-state index is -3.62. The summed E-state index contributed by atoms with van der Waals surface area (Å²) in [6, 6.07) is 11.2. The van der Waals surface area contributed by atoms with Gasteiger partial charge >= 0.3 is 5.97 Å². The minimum absolute atomic E-state index is 0.0773. The Morgan fingerprint density at radius 1 is 1.11 bits per heavy atom. The number of sulfonamides is 1. The zero-order chi connectivity index (χ0) is 20.2. The van der Waals surface area contributed by atoms with Gasteiger partial charge in [-0.05, 0) is 42.7 Å². The summed E-state index contributed by atoms with van der Waals surface area (Å²) in [5.41, 5.74) is 1.69. The highest BCUT2D eigenvalue weighted by Crippen LogP contribution is 2.22. The first-order valence-electron chi connectivity index (χ1n) is 8.27. The first kappa shape index (κ1) is 20.6. The molecule has 0 aliphatic rings. The van der Waals surface area contributed by atoms with Gasteiger partial charge in [0, 0.05) is 26.2 Å². The van der Waals surface area contributed by atoms with Crippen molar-refractivity contribution in [3.05, 3.63) is 59.2 Å². The number of anilines is 1. The van der Waals surface area contributed by atoms with Crippen LogP contribution in [0, 0.1) is 6.92 Å². The molecule has 2 rings (SSSR count). The minimum Gasteiger partial charge on any atom is -0.478 e. The molecule has 0 radical (unpaired) electrons. The van der Waals surface area contributed by atoms with Gasteiger partial charge in [0.2, 0.25) is 15.9 Å². The number of amides is 1. The van der Waals surface area contributed by atoms with Crippen LogP contribution in [0.1, 0.15) is 27.9 Å². The van der Waals surface area contributed by atoms with E-state index in [1.54, 1.807) is 37.3 Å². The van der Waals surface area contributed by atoms with Gasteiger partial charge < -0.3 is 10.4 Å². The number of benzene rings is 2. The number of carbonyl (C=O) groups is 2. The zero-order valence-corrected chi connectivity index (χ0v) is 16.2. The molecule has 0 atom stereocenters. The van der Waals surface area contributed by atoms with Crippen molar-refractivity contribution < 1.29 is 23.1 Å². The second-order valence-electron chi connectivity index (χ2n) is 6.28. The molecule has 0 aromatic heterocycles. The van der Waals surface area contributed by atoms with E-state index in [9.17, 15) is 23.1 Å². The summed E-state index contributed by atoms with van der Waals surface area (Å²) in [4.78, 5) is 23.6. The molecule has 0 aliphatic carbocycles. The number of nitrogens with one attached hydrogen (secondary N) is 1. The van der Waals surface area contributed by atoms with Crippen LogP contribution in [0.5, 0.6) is 0 Å². The van der Waals surface area contributed by atoms with Crippen molar-refractivity contribution in [1.29, 1.82) is 0 Å². The van der Waals surface area contributed by atoms with Crippen LogP contribution in [-0.2, 0) is 21.2 Å². The molecular formula is C19H22N2O5S. The average Bonchev–Trinajstić information content (AvgIpc) is 2.61. The molecule has 2 aromatic rings. The maximum atomic E-state index is 12.4. The molecule has 0 saturated heterocycles. The first-order chi connectivity index (χ1) is 12.6. The van der Waals surface area contributed by atoms with Gasteiger partial charge in [0.15, 0.2) is 0 Å². The first-order valence-corrected chi connectivity index (χ1v) is 9.71. The highest BCUT2D eigenvalue weighted by molar-refractivity contribution is 7.89. The molecule has 0 bridgehead atoms. The number of hydrogen-bond acceptors (Lipinski definition) is 4. The molecule has 2 aromatic carbocycles. The molecule has 1 amide bonds. The quantitative estimate of drug-likeness (QED) is 0.756. The Bertz CT molecular complexity index is 968. The number of carboxylic acid groups (broad SMARTS) is 1. The van der Waals surface area contributed by atoms with Crippen molar-refractivity contribution in [2.45, 2.75) is 24.7 Å². The standard InChI is InChI=1S/C19H22N2O5S/c1-13-8-10-15(12-17(13)27(25,26)21(2)3)20-18(22)11-9-14-6-4-5-7-16(14)19(23)24/h4-8,10,12H,9,11H2,1-3H3,(H,20,22)(H,23,24). The van der Waals surface area contributed by atoms with Gasteiger partial charge in [-0.2, -0.15) is 0 Å². The van der Waals surface area contributed by atoms with Crippen molar-refractivity contribution in [3.63, 3.8) is 0 Å². The summed E-state index contributed by atoms with van der Waals surface area (Å²) >= 11 is 0. The van der Waals surface area contributed by atoms with Gasteiger partial charge in [-0.3, -0.25) is 4.79 Å². The third-order valence-corrected chi connectivity index (χ3v) is 6.06. The molecule has 0 heterocycles. The Hall–Kier alpha value is -2.71. The summed E-state index contributed by atoms with van der Waals surface area (Å²) in [5, 5.41) is 11.9. The largest absolute Gasteiger partial charge is 0.478 e. The monoisotopic (exact) mass is 390 g/mol. The van der Waals surface area contributed by atoms with E-state index in [1.165, 1.54) is 26.2 Å². The molecular weight excluding hydrogens is 368 g/mol. The topological polar surface area (TPSA) is 104 Å². The summed E-state index contributed by atoms with van der Waals surface area (Å²) in [6.07, 6.45) is 0.344. The summed E-state index contributed by atoms with van der Waals surface area (Å²) in [5.74, 6) is -1.37. The molecule has 2 N–H and O–H groups in total. The van der Waals surface area contributed by atoms with E-state index >= 15 is 0 Å². The van der Waals surface area contributed by atoms with Gasteiger partial charge in [0.1, 0.15) is 0 Å². The number of aryl methyl sites for hydroxylation is 2. The van der Waals surface area contributed by atoms with E-state index in [0.717, 1.165) is 4.31 Å². The number of rotatable bonds is 7. The lowest BCUT2D eigenvalue weighted by atomic mass is 10.0. The Kier molecular flexibility index (Phi) is 6.35. The van der Waals surface area contributed by atoms with Gasteiger partial charge in [-0.1, -0.05) is 24.3 Å². The van der Waals surface area contributed by atoms with Crippen LogP contribution in [0.2, 0.25) is 0 Å². The van der Waals surface area contributed by atoms with E-state index < -0.39 is 16.0 Å². The third-order valence-electron chi connectivity index (χ3n) is 4.10. The van der Waals surface area contributed by atoms with Crippen molar-refractivity contribution in [2.24, 2.45) is 0 Å². The number of nitrogens with zero attached hydrogens (tertiary/aromatic N) is 1. The number of hydrogen-bond donors (Lipinski definition) is 2. The van der Waals surface area contributed by atoms with Crippen LogP contribution < -0.4 is 5.32 Å². The van der Waals surface area contributed by atoms with Crippen molar-refractivity contribution in [3.8, 4) is 0 Å². The Balaban J connectivity index is 2.12. The molecule has 7 nitrogen and oxygen atoms in total. The summed E-state index contributed by atoms with van der Waals surface area (Å²) < 4.78 is 25.8. The van der Waals surface area contributed by atoms with Crippen LogP contribution in [0.25, 0.3) is 0 Å². The van der Waals surface area contributed by atoms with Gasteiger partial charge in [0.05, 0.1) is 10.5 Å². The van der Waals surface area contributed by atoms with Gasteiger partial charge in [0.25, 0.3) is 0 Å². The predicted octanol–water partition coefficient (Wildman–Crippen LogP) is 2.51. The summed E-state index contributed by atoms with van der Waals surface area (Å²) in [6.45, 7) is 1.69. The van der Waals surface area contributed by atoms with Crippen LogP contribution >= 0.6 is 0 Å². The van der Waals surface area contributed by atoms with Crippen LogP contribution in [-0.4, -0.2) is 43.8 Å². The predicted molar refractivity (Wildman–Crippen MR) is 102 cm³/mol. The zero-order valence-electron chi connectivity index (χ0n) is 15.4. The number of carboxylic acids is 1. The lowest BCUT2D eigenvalue weighted by molar-refractivity contribution is -0.116. The third kappa shape index (κ3) is 4.93. The number of carbonyl (C=O) groups excluding carboxylic acids is 1. The fourth-order valence-electron chi connectivity index (χ4n) is 2.57. The maximum absolute atomic E-state index is 12.4. The van der Waals surface area contributed by atoms with E-state index in [4.69, 9.17) is 0 Å². The molecule has 0 saturated carbocycles. The lowest BCUT2D eigenvalue weighted by Gasteiger charge is -2.15. The highest BCUT2D eigenvalue weighted by Gasteiger charge is 2.20. The fraction of sp³-hybridized carbons (Fsp3) is 0.263. The Morgan fingerprint density at radius 3 is 2.41 bits per heavy atom. The smallest absolute Gasteiger partial charge is 0.335 e. The SMILES string of the molecule is Cc1ccc(NC(=O)CCc2ccccc2C(=O)O)cc1S(=O)(=O)N(C)C. The van der Waals surface area contributed by atoms with E-state index in [2.05, 4.69) is 5.32 Å².